The highest BCUT2D eigenvalue weighted by Crippen LogP contribution is 2.49. The second-order valence-electron chi connectivity index (χ2n) is 19.7. The third kappa shape index (κ3) is 5.23. The molecule has 0 spiro atoms. The van der Waals surface area contributed by atoms with Crippen molar-refractivity contribution in [2.75, 3.05) is 0 Å². The second-order valence-corrected chi connectivity index (χ2v) is 20.7. The van der Waals surface area contributed by atoms with Gasteiger partial charge in [0.25, 0.3) is 0 Å². The predicted molar refractivity (Wildman–Crippen MR) is 309 cm³/mol. The first-order valence-electron chi connectivity index (χ1n) is 24.8. The maximum absolute atomic E-state index is 2.58. The summed E-state index contributed by atoms with van der Waals surface area (Å²) in [6.45, 7) is 0. The van der Waals surface area contributed by atoms with Crippen molar-refractivity contribution in [1.82, 2.24) is 13.5 Å². The molecule has 332 valence electrons. The fraction of sp³-hybridized carbons (Fsp3) is 0. The summed E-state index contributed by atoms with van der Waals surface area (Å²) >= 11 is 1.93. The highest BCUT2D eigenvalue weighted by atomic mass is 32.1. The molecule has 0 N–H and O–H groups in total. The lowest BCUT2D eigenvalue weighted by molar-refractivity contribution is 1.18. The zero-order valence-electron chi connectivity index (χ0n) is 38.8. The van der Waals surface area contributed by atoms with Crippen molar-refractivity contribution in [2.45, 2.75) is 0 Å². The van der Waals surface area contributed by atoms with E-state index < -0.39 is 0 Å². The fourth-order valence-electron chi connectivity index (χ4n) is 12.6. The molecular formula is C68H39N3S. The largest absolute Gasteiger partial charge is 0.309 e. The van der Waals surface area contributed by atoms with E-state index in [2.05, 4.69) is 250 Å². The molecule has 5 heterocycles. The lowest BCUT2D eigenvalue weighted by Crippen LogP contribution is -1.92. The van der Waals surface area contributed by atoms with Crippen molar-refractivity contribution in [3.63, 3.8) is 0 Å². The highest BCUT2D eigenvalue weighted by Gasteiger charge is 2.24. The molecule has 0 aliphatic carbocycles. The van der Waals surface area contributed by atoms with Crippen molar-refractivity contribution in [3.8, 4) is 33.6 Å². The first-order chi connectivity index (χ1) is 35.7. The number of aromatic nitrogens is 3. The minimum Gasteiger partial charge on any atom is -0.309 e. The van der Waals surface area contributed by atoms with Gasteiger partial charge in [0, 0.05) is 74.6 Å². The Bertz CT molecular complexity index is 5150. The molecule has 0 fully saturated rings. The van der Waals surface area contributed by atoms with Crippen LogP contribution in [-0.2, 0) is 0 Å². The summed E-state index contributed by atoms with van der Waals surface area (Å²) in [7, 11) is 0. The van der Waals surface area contributed by atoms with Crippen molar-refractivity contribution >= 4 is 135 Å². The molecule has 0 saturated heterocycles. The van der Waals surface area contributed by atoms with Gasteiger partial charge >= 0.3 is 0 Å². The van der Waals surface area contributed by atoms with Crippen LogP contribution >= 0.6 is 11.3 Å². The van der Waals surface area contributed by atoms with Gasteiger partial charge in [-0.15, -0.1) is 11.3 Å². The van der Waals surface area contributed by atoms with Crippen molar-refractivity contribution in [1.29, 1.82) is 0 Å². The van der Waals surface area contributed by atoms with E-state index in [-0.39, 0.29) is 0 Å². The van der Waals surface area contributed by atoms with E-state index in [0.717, 1.165) is 0 Å². The number of para-hydroxylation sites is 4. The van der Waals surface area contributed by atoms with Gasteiger partial charge in [0.1, 0.15) is 0 Å². The van der Waals surface area contributed by atoms with Crippen LogP contribution in [0.2, 0.25) is 0 Å². The first kappa shape index (κ1) is 38.6. The molecule has 12 aromatic carbocycles. The van der Waals surface area contributed by atoms with Gasteiger partial charge in [0.05, 0.1) is 38.6 Å². The number of hydrogen-bond donors (Lipinski definition) is 0. The molecule has 4 heteroatoms. The Morgan fingerprint density at radius 3 is 1.32 bits per heavy atom. The van der Waals surface area contributed by atoms with Crippen LogP contribution in [0.5, 0.6) is 0 Å². The molecule has 17 rings (SSSR count). The molecular weight excluding hydrogens is 891 g/mol. The van der Waals surface area contributed by atoms with Crippen LogP contribution in [0.3, 0.4) is 0 Å². The number of benzene rings is 12. The minimum absolute atomic E-state index is 1.17. The molecule has 0 bridgehead atoms. The topological polar surface area (TPSA) is 14.3 Å². The molecule has 0 amide bonds. The summed E-state index contributed by atoms with van der Waals surface area (Å²) < 4.78 is 10.0. The van der Waals surface area contributed by atoms with Crippen LogP contribution in [0.15, 0.2) is 237 Å². The summed E-state index contributed by atoms with van der Waals surface area (Å²) in [6, 6.07) is 88.3. The zero-order chi connectivity index (χ0) is 46.8. The van der Waals surface area contributed by atoms with Gasteiger partial charge in [-0.25, -0.2) is 0 Å². The Morgan fingerprint density at radius 1 is 0.264 bits per heavy atom. The van der Waals surface area contributed by atoms with Crippen LogP contribution in [0.4, 0.5) is 0 Å². The van der Waals surface area contributed by atoms with Crippen molar-refractivity contribution in [3.05, 3.63) is 237 Å². The first-order valence-corrected chi connectivity index (χ1v) is 25.6. The second kappa shape index (κ2) is 14.2. The molecule has 0 unspecified atom stereocenters. The van der Waals surface area contributed by atoms with Crippen LogP contribution in [0.25, 0.3) is 157 Å². The third-order valence-electron chi connectivity index (χ3n) is 15.9. The molecule has 0 radical (unpaired) electrons. The Hall–Kier alpha value is -9.22. The van der Waals surface area contributed by atoms with E-state index in [1.165, 1.54) is 157 Å². The van der Waals surface area contributed by atoms with Gasteiger partial charge in [0.2, 0.25) is 0 Å². The Balaban J connectivity index is 0.858. The number of nitrogens with zero attached hydrogens (tertiary/aromatic N) is 3. The van der Waals surface area contributed by atoms with Crippen LogP contribution in [0, 0.1) is 0 Å². The minimum atomic E-state index is 1.17. The molecule has 0 saturated carbocycles. The van der Waals surface area contributed by atoms with Crippen molar-refractivity contribution < 1.29 is 0 Å². The molecule has 72 heavy (non-hydrogen) atoms. The van der Waals surface area contributed by atoms with E-state index in [0.29, 0.717) is 0 Å². The van der Waals surface area contributed by atoms with Gasteiger partial charge in [0.15, 0.2) is 0 Å². The highest BCUT2D eigenvalue weighted by molar-refractivity contribution is 7.26. The Labute approximate surface area is 416 Å². The Kier molecular flexibility index (Phi) is 7.61. The van der Waals surface area contributed by atoms with Crippen LogP contribution in [-0.4, -0.2) is 13.5 Å². The van der Waals surface area contributed by atoms with Crippen molar-refractivity contribution in [2.24, 2.45) is 0 Å². The molecule has 0 aliphatic heterocycles. The number of hydrogen-bond acceptors (Lipinski definition) is 1. The maximum Gasteiger partial charge on any atom is 0.0635 e. The third-order valence-corrected chi connectivity index (χ3v) is 17.1. The molecule has 0 aliphatic rings. The van der Waals surface area contributed by atoms with Crippen LogP contribution < -0.4 is 0 Å². The van der Waals surface area contributed by atoms with E-state index in [1.54, 1.807) is 0 Å². The standard InChI is InChI=1S/C68H39N3S/c1-3-13-48(14-4-1)69-59-20-10-7-17-50(59)53-33-42(27-29-61(53)69)40-23-25-44-37-63-55(35-46(44)31-40)56-39-57-52-19-9-12-22-65(52)72-68(57)66-58-36-47-32-41(24-26-45(47)38-64(58)71(63)67(56)66)43-28-30-62-54(34-43)51-18-8-11-21-60(51)70(62)49-15-5-2-6-16-49/h1-39H. The van der Waals surface area contributed by atoms with Gasteiger partial charge < -0.3 is 13.5 Å². The molecule has 5 aromatic heterocycles. The summed E-state index contributed by atoms with van der Waals surface area (Å²) in [5.41, 5.74) is 15.9. The summed E-state index contributed by atoms with van der Waals surface area (Å²) in [5.74, 6) is 0. The van der Waals surface area contributed by atoms with Gasteiger partial charge in [-0.2, -0.15) is 0 Å². The Morgan fingerprint density at radius 2 is 0.722 bits per heavy atom. The number of thiophene rings is 1. The average molecular weight is 930 g/mol. The average Bonchev–Trinajstić information content (AvgIpc) is 4.24. The maximum atomic E-state index is 2.58. The van der Waals surface area contributed by atoms with Gasteiger partial charge in [-0.05, 0) is 153 Å². The number of rotatable bonds is 4. The summed E-state index contributed by atoms with van der Waals surface area (Å²) in [5, 5.41) is 17.9. The fourth-order valence-corrected chi connectivity index (χ4v) is 13.9. The zero-order valence-corrected chi connectivity index (χ0v) is 39.6. The van der Waals surface area contributed by atoms with Crippen LogP contribution in [0.1, 0.15) is 0 Å². The lowest BCUT2D eigenvalue weighted by Gasteiger charge is -2.09. The predicted octanol–water partition coefficient (Wildman–Crippen LogP) is 19.0. The molecule has 0 atom stereocenters. The molecule has 3 nitrogen and oxygen atoms in total. The summed E-state index contributed by atoms with van der Waals surface area (Å²) in [4.78, 5) is 0. The monoisotopic (exact) mass is 929 g/mol. The van der Waals surface area contributed by atoms with E-state index in [9.17, 15) is 0 Å². The van der Waals surface area contributed by atoms with Gasteiger partial charge in [-0.1, -0.05) is 127 Å². The quantitative estimate of drug-likeness (QED) is 0.167. The smallest absolute Gasteiger partial charge is 0.0635 e. The molecule has 17 aromatic rings. The number of fused-ring (bicyclic) bond motifs is 18. The summed E-state index contributed by atoms with van der Waals surface area (Å²) in [6.07, 6.45) is 0. The SMILES string of the molecule is c1ccc(-n2c3ccccc3c3cc(-c4ccc5cc6c(cc5c4)c4cc5c7ccccc7sc5c5c7cc8cc(-c9ccc%10c(c9)c9ccccc9n%10-c9ccccc9)ccc8cc7n6c45)ccc32)cc1. The van der Waals surface area contributed by atoms with E-state index in [1.807, 2.05) is 11.3 Å². The van der Waals surface area contributed by atoms with Gasteiger partial charge in [-0.3, -0.25) is 0 Å². The lowest BCUT2D eigenvalue weighted by atomic mass is 9.97. The van der Waals surface area contributed by atoms with E-state index >= 15 is 0 Å². The van der Waals surface area contributed by atoms with E-state index in [4.69, 9.17) is 0 Å². The normalized spacial score (nSPS) is 12.4.